The minimum atomic E-state index is -9.86. The second-order valence-electron chi connectivity index (χ2n) is 9.16. The number of halogens is 5. The summed E-state index contributed by atoms with van der Waals surface area (Å²) < 4.78 is 100. The molecule has 0 bridgehead atoms. The third kappa shape index (κ3) is 6.86. The van der Waals surface area contributed by atoms with Gasteiger partial charge in [-0.2, -0.15) is 4.31 Å². The molecule has 1 N–H and O–H groups in total. The quantitative estimate of drug-likeness (QED) is 0.211. The monoisotopic (exact) mass is 616 g/mol. The van der Waals surface area contributed by atoms with Crippen LogP contribution >= 0.6 is 10.2 Å². The largest absolute Gasteiger partial charge is 0.497 e. The molecule has 220 valence electrons. The molecule has 0 saturated carbocycles. The summed E-state index contributed by atoms with van der Waals surface area (Å²) in [4.78, 5) is 13.8. The fourth-order valence-electron chi connectivity index (χ4n) is 3.84. The summed E-state index contributed by atoms with van der Waals surface area (Å²) in [6, 6.07) is 13.0. The fourth-order valence-corrected chi connectivity index (χ4v) is 5.68. The summed E-state index contributed by atoms with van der Waals surface area (Å²) in [5, 5.41) is 2.82. The van der Waals surface area contributed by atoms with E-state index in [9.17, 15) is 32.6 Å². The van der Waals surface area contributed by atoms with Crippen LogP contribution in [-0.2, 0) is 23.6 Å². The first-order chi connectivity index (χ1) is 18.9. The van der Waals surface area contributed by atoms with Crippen LogP contribution in [0.4, 0.5) is 30.8 Å². The minimum Gasteiger partial charge on any atom is -0.497 e. The molecular weight excluding hydrogens is 591 g/mol. The number of nitrogens with one attached hydrogen (secondary N) is 1. The number of ether oxygens (including phenoxy) is 1. The molecule has 0 aliphatic heterocycles. The molecule has 0 atom stereocenters. The maximum atomic E-state index is 13.5. The zero-order valence-corrected chi connectivity index (χ0v) is 23.5. The van der Waals surface area contributed by atoms with Crippen LogP contribution in [0.25, 0.3) is 11.3 Å². The molecular formula is C26H25F5N4O4S2. The molecule has 0 spiro atoms. The molecule has 8 nitrogen and oxygen atoms in total. The Morgan fingerprint density at radius 1 is 0.976 bits per heavy atom. The molecule has 0 fully saturated rings. The van der Waals surface area contributed by atoms with Gasteiger partial charge in [-0.3, -0.25) is 4.79 Å². The van der Waals surface area contributed by atoms with Gasteiger partial charge in [-0.15, -0.1) is 0 Å². The zero-order valence-electron chi connectivity index (χ0n) is 21.9. The molecule has 4 rings (SSSR count). The first kappa shape index (κ1) is 30.0. The Kier molecular flexibility index (Phi) is 7.21. The van der Waals surface area contributed by atoms with Crippen molar-refractivity contribution in [3.05, 3.63) is 95.0 Å². The van der Waals surface area contributed by atoms with Crippen molar-refractivity contribution in [1.29, 1.82) is 0 Å². The maximum Gasteiger partial charge on any atom is 0.310 e. The first-order valence-electron chi connectivity index (χ1n) is 11.7. The van der Waals surface area contributed by atoms with Crippen LogP contribution in [-0.4, -0.2) is 36.4 Å². The van der Waals surface area contributed by atoms with Crippen LogP contribution in [0.3, 0.4) is 0 Å². The number of nitrogens with zero attached hydrogens (tertiary/aromatic N) is 3. The molecule has 0 radical (unpaired) electrons. The predicted octanol–water partition coefficient (Wildman–Crippen LogP) is 6.68. The smallest absolute Gasteiger partial charge is 0.310 e. The molecule has 0 amide bonds. The number of rotatable bonds is 9. The number of anilines is 2. The number of aromatic nitrogens is 2. The first-order valence-corrected chi connectivity index (χ1v) is 15.1. The number of methoxy groups -OCH3 is 1. The highest BCUT2D eigenvalue weighted by Gasteiger charge is 2.65. The third-order valence-corrected chi connectivity index (χ3v) is 9.06. The average Bonchev–Trinajstić information content (AvgIpc) is 2.90. The van der Waals surface area contributed by atoms with Gasteiger partial charge in [-0.1, -0.05) is 31.6 Å². The summed E-state index contributed by atoms with van der Waals surface area (Å²) in [6.07, 6.45) is 2.39. The van der Waals surface area contributed by atoms with E-state index in [0.717, 1.165) is 22.6 Å². The van der Waals surface area contributed by atoms with Gasteiger partial charge in [0.2, 0.25) is 10.0 Å². The zero-order chi connectivity index (χ0) is 30.3. The lowest BCUT2D eigenvalue weighted by Gasteiger charge is -2.40. The molecule has 3 aromatic carbocycles. The van der Waals surface area contributed by atoms with Gasteiger partial charge in [0.1, 0.15) is 10.6 Å². The Morgan fingerprint density at radius 3 is 2.17 bits per heavy atom. The van der Waals surface area contributed by atoms with Gasteiger partial charge in [0.25, 0.3) is 5.56 Å². The second kappa shape index (κ2) is 9.85. The number of benzene rings is 3. The maximum absolute atomic E-state index is 13.5. The minimum absolute atomic E-state index is 0.0221. The van der Waals surface area contributed by atoms with Gasteiger partial charge in [0.05, 0.1) is 23.9 Å². The molecule has 0 unspecified atom stereocenters. The predicted molar refractivity (Wildman–Crippen MR) is 148 cm³/mol. The lowest BCUT2D eigenvalue weighted by atomic mass is 10.1. The van der Waals surface area contributed by atoms with Crippen molar-refractivity contribution in [3.8, 4) is 17.0 Å². The highest BCUT2D eigenvalue weighted by Crippen LogP contribution is 3.02. The van der Waals surface area contributed by atoms with E-state index >= 15 is 0 Å². The van der Waals surface area contributed by atoms with Gasteiger partial charge in [0.15, 0.2) is 0 Å². The van der Waals surface area contributed by atoms with Crippen LogP contribution in [0.15, 0.2) is 93.7 Å². The topological polar surface area (TPSA) is 93.5 Å². The number of sulfonamides is 1. The Morgan fingerprint density at radius 2 is 1.61 bits per heavy atom. The van der Waals surface area contributed by atoms with E-state index in [4.69, 9.17) is 4.74 Å². The Bertz CT molecular complexity index is 1760. The van der Waals surface area contributed by atoms with Crippen LogP contribution in [0.2, 0.25) is 0 Å². The Balaban J connectivity index is 1.72. The number of hydrogen-bond donors (Lipinski definition) is 1. The molecule has 0 aliphatic carbocycles. The van der Waals surface area contributed by atoms with Gasteiger partial charge >= 0.3 is 10.2 Å². The molecule has 1 heterocycles. The fraction of sp³-hybridized carbons (Fsp3) is 0.154. The molecule has 41 heavy (non-hydrogen) atoms. The summed E-state index contributed by atoms with van der Waals surface area (Å²) in [5.74, 6) is 0.611. The Labute approximate surface area is 232 Å². The van der Waals surface area contributed by atoms with Crippen molar-refractivity contribution < 1.29 is 32.6 Å². The van der Waals surface area contributed by atoms with Crippen LogP contribution < -0.4 is 15.6 Å². The highest BCUT2D eigenvalue weighted by molar-refractivity contribution is 8.45. The Hall–Kier alpha value is -3.95. The van der Waals surface area contributed by atoms with Crippen LogP contribution in [0, 0.1) is 0 Å². The van der Waals surface area contributed by atoms with Crippen molar-refractivity contribution >= 4 is 31.6 Å². The molecule has 1 aromatic heterocycles. The van der Waals surface area contributed by atoms with Crippen molar-refractivity contribution in [2.45, 2.75) is 16.3 Å². The lowest BCUT2D eigenvalue weighted by Crippen LogP contribution is -2.26. The van der Waals surface area contributed by atoms with E-state index < -0.39 is 30.7 Å². The summed E-state index contributed by atoms with van der Waals surface area (Å²) in [7, 11) is -9.54. The summed E-state index contributed by atoms with van der Waals surface area (Å²) >= 11 is 0. The normalized spacial score (nSPS) is 13.9. The van der Waals surface area contributed by atoms with Gasteiger partial charge < -0.3 is 14.6 Å². The van der Waals surface area contributed by atoms with Gasteiger partial charge in [0, 0.05) is 43.8 Å². The summed E-state index contributed by atoms with van der Waals surface area (Å²) in [5.41, 5.74) is 0.856. The van der Waals surface area contributed by atoms with E-state index in [-0.39, 0.29) is 46.2 Å². The van der Waals surface area contributed by atoms with Gasteiger partial charge in [-0.05, 0) is 60.2 Å². The summed E-state index contributed by atoms with van der Waals surface area (Å²) in [6.45, 7) is 0.0399. The average molecular weight is 617 g/mol. The van der Waals surface area contributed by atoms with Gasteiger partial charge in [-0.25, -0.2) is 13.4 Å². The van der Waals surface area contributed by atoms with Crippen LogP contribution in [0.1, 0.15) is 5.56 Å². The van der Waals surface area contributed by atoms with Crippen LogP contribution in [0.5, 0.6) is 5.75 Å². The van der Waals surface area contributed by atoms with E-state index in [1.165, 1.54) is 50.2 Å². The van der Waals surface area contributed by atoms with E-state index in [0.29, 0.717) is 11.3 Å². The van der Waals surface area contributed by atoms with Crippen molar-refractivity contribution in [1.82, 2.24) is 13.9 Å². The second-order valence-corrected chi connectivity index (χ2v) is 13.6. The molecule has 0 aliphatic rings. The highest BCUT2D eigenvalue weighted by atomic mass is 32.5. The molecule has 15 heteroatoms. The van der Waals surface area contributed by atoms with E-state index in [1.54, 1.807) is 24.3 Å². The molecule has 4 aromatic rings. The third-order valence-electron chi connectivity index (χ3n) is 6.10. The number of aryl methyl sites for hydroxylation is 1. The van der Waals surface area contributed by atoms with Crippen molar-refractivity contribution in [2.75, 3.05) is 19.5 Å². The van der Waals surface area contributed by atoms with E-state index in [2.05, 4.69) is 10.3 Å². The SMILES string of the molecule is COc1ccc(CN(C)S(=O)(=O)c2ccc(Nc3ccc(S(F)(F)(F)(F)F)cc3)c(-c3cn(C)c(=O)cn3)c2)cc1. The molecule has 0 saturated heterocycles. The number of hydrogen-bond acceptors (Lipinski definition) is 6. The van der Waals surface area contributed by atoms with E-state index in [1.807, 2.05) is 0 Å². The lowest BCUT2D eigenvalue weighted by molar-refractivity contribution is 0.364. The standard InChI is InChI=1S/C26H25F5N4O4S2/c1-34-17-25(32-15-26(34)36)23-14-21(40(37,38)35(2)16-18-4-8-20(39-3)9-5-18)10-13-24(23)33-19-6-11-22(12-7-19)41(27,28,29,30)31/h4-15,17,33H,16H2,1-3H3. The van der Waals surface area contributed by atoms with Crippen molar-refractivity contribution in [2.24, 2.45) is 7.05 Å². The van der Waals surface area contributed by atoms with Crippen molar-refractivity contribution in [3.63, 3.8) is 0 Å².